The molecule has 0 bridgehead atoms. The second kappa shape index (κ2) is 5.07. The lowest BCUT2D eigenvalue weighted by atomic mass is 10.1. The Balaban J connectivity index is 1.96. The van der Waals surface area contributed by atoms with Crippen LogP contribution in [0.15, 0.2) is 18.2 Å². The quantitative estimate of drug-likeness (QED) is 0.892. The number of nitrogens with zero attached hydrogens (tertiary/aromatic N) is 1. The fourth-order valence-corrected chi connectivity index (χ4v) is 2.33. The smallest absolute Gasteiger partial charge is 0.239 e. The molecule has 1 N–H and O–H groups in total. The number of carbonyl (C=O) groups excluding carboxylic acids is 1. The number of benzene rings is 1. The van der Waals surface area contributed by atoms with Gasteiger partial charge in [-0.2, -0.15) is 0 Å². The first-order valence-corrected chi connectivity index (χ1v) is 6.19. The minimum Gasteiger partial charge on any atom is -0.344 e. The number of halogens is 1. The van der Waals surface area contributed by atoms with Crippen LogP contribution in [0.2, 0.25) is 5.02 Å². The molecule has 1 aliphatic heterocycles. The molecule has 3 nitrogen and oxygen atoms in total. The standard InChI is InChI=1S/C13H17ClN2O/c1-9-7-11(14)4-3-10(9)8-15-12-5-6-16(2)13(12)17/h3-4,7,12,15H,5-6,8H2,1-2H3. The van der Waals surface area contributed by atoms with Gasteiger partial charge in [0.15, 0.2) is 0 Å². The number of nitrogens with one attached hydrogen (secondary N) is 1. The number of aryl methyl sites for hydroxylation is 1. The van der Waals surface area contributed by atoms with Gasteiger partial charge in [-0.25, -0.2) is 0 Å². The third-order valence-corrected chi connectivity index (χ3v) is 3.51. The molecule has 1 amide bonds. The first-order valence-electron chi connectivity index (χ1n) is 5.81. The predicted molar refractivity (Wildman–Crippen MR) is 69.1 cm³/mol. The van der Waals surface area contributed by atoms with Crippen molar-refractivity contribution >= 4 is 17.5 Å². The Morgan fingerprint density at radius 3 is 2.88 bits per heavy atom. The molecule has 1 aromatic carbocycles. The van der Waals surface area contributed by atoms with Crippen LogP contribution >= 0.6 is 11.6 Å². The number of hydrogen-bond acceptors (Lipinski definition) is 2. The summed E-state index contributed by atoms with van der Waals surface area (Å²) in [6.45, 7) is 3.59. The summed E-state index contributed by atoms with van der Waals surface area (Å²) in [5.41, 5.74) is 2.35. The Labute approximate surface area is 107 Å². The highest BCUT2D eigenvalue weighted by molar-refractivity contribution is 6.30. The van der Waals surface area contributed by atoms with E-state index in [4.69, 9.17) is 11.6 Å². The number of hydrogen-bond donors (Lipinski definition) is 1. The summed E-state index contributed by atoms with van der Waals surface area (Å²) in [4.78, 5) is 13.5. The highest BCUT2D eigenvalue weighted by Gasteiger charge is 2.28. The first kappa shape index (κ1) is 12.4. The molecular formula is C13H17ClN2O. The zero-order chi connectivity index (χ0) is 12.4. The zero-order valence-corrected chi connectivity index (χ0v) is 10.9. The Hall–Kier alpha value is -1.06. The molecule has 17 heavy (non-hydrogen) atoms. The zero-order valence-electron chi connectivity index (χ0n) is 10.2. The molecule has 1 unspecified atom stereocenters. The van der Waals surface area contributed by atoms with Gasteiger partial charge in [-0.3, -0.25) is 4.79 Å². The van der Waals surface area contributed by atoms with Crippen LogP contribution in [-0.4, -0.2) is 30.4 Å². The van der Waals surface area contributed by atoms with Crippen LogP contribution in [0.4, 0.5) is 0 Å². The Bertz CT molecular complexity index is 433. The van der Waals surface area contributed by atoms with Gasteiger partial charge in [0.1, 0.15) is 0 Å². The van der Waals surface area contributed by atoms with Crippen LogP contribution in [0, 0.1) is 6.92 Å². The van der Waals surface area contributed by atoms with Crippen molar-refractivity contribution < 1.29 is 4.79 Å². The molecule has 0 aliphatic carbocycles. The van der Waals surface area contributed by atoms with Crippen molar-refractivity contribution in [1.82, 2.24) is 10.2 Å². The molecule has 2 rings (SSSR count). The van der Waals surface area contributed by atoms with Gasteiger partial charge in [0, 0.05) is 25.2 Å². The molecule has 0 spiro atoms. The molecule has 1 aliphatic rings. The monoisotopic (exact) mass is 252 g/mol. The highest BCUT2D eigenvalue weighted by atomic mass is 35.5. The summed E-state index contributed by atoms with van der Waals surface area (Å²) in [7, 11) is 1.84. The van der Waals surface area contributed by atoms with Crippen molar-refractivity contribution in [3.8, 4) is 0 Å². The number of carbonyl (C=O) groups is 1. The lowest BCUT2D eigenvalue weighted by Gasteiger charge is -2.13. The van der Waals surface area contributed by atoms with Gasteiger partial charge in [-0.05, 0) is 36.6 Å². The predicted octanol–water partition coefficient (Wildman–Crippen LogP) is 1.97. The van der Waals surface area contributed by atoms with E-state index in [1.807, 2.05) is 32.2 Å². The maximum absolute atomic E-state index is 11.7. The Kier molecular flexibility index (Phi) is 3.69. The Morgan fingerprint density at radius 2 is 2.29 bits per heavy atom. The molecule has 92 valence electrons. The van der Waals surface area contributed by atoms with E-state index in [9.17, 15) is 4.79 Å². The summed E-state index contributed by atoms with van der Waals surface area (Å²) < 4.78 is 0. The third kappa shape index (κ3) is 2.79. The minimum atomic E-state index is -0.0323. The third-order valence-electron chi connectivity index (χ3n) is 3.27. The average molecular weight is 253 g/mol. The lowest BCUT2D eigenvalue weighted by molar-refractivity contribution is -0.128. The lowest BCUT2D eigenvalue weighted by Crippen LogP contribution is -2.36. The Morgan fingerprint density at radius 1 is 1.53 bits per heavy atom. The molecular weight excluding hydrogens is 236 g/mol. The minimum absolute atomic E-state index is 0.0323. The van der Waals surface area contributed by atoms with Crippen molar-refractivity contribution in [2.75, 3.05) is 13.6 Å². The van der Waals surface area contributed by atoms with E-state index in [1.165, 1.54) is 5.56 Å². The average Bonchev–Trinajstić information content (AvgIpc) is 2.59. The maximum Gasteiger partial charge on any atom is 0.239 e. The second-order valence-corrected chi connectivity index (χ2v) is 4.99. The SMILES string of the molecule is Cc1cc(Cl)ccc1CNC1CCN(C)C1=O. The van der Waals surface area contributed by atoms with E-state index in [1.54, 1.807) is 4.90 Å². The van der Waals surface area contributed by atoms with Gasteiger partial charge in [-0.15, -0.1) is 0 Å². The van der Waals surface area contributed by atoms with Crippen molar-refractivity contribution in [3.05, 3.63) is 34.3 Å². The van der Waals surface area contributed by atoms with Gasteiger partial charge in [0.05, 0.1) is 6.04 Å². The van der Waals surface area contributed by atoms with E-state index in [-0.39, 0.29) is 11.9 Å². The van der Waals surface area contributed by atoms with Crippen molar-refractivity contribution in [3.63, 3.8) is 0 Å². The van der Waals surface area contributed by atoms with Crippen molar-refractivity contribution in [1.29, 1.82) is 0 Å². The van der Waals surface area contributed by atoms with Gasteiger partial charge in [0.25, 0.3) is 0 Å². The van der Waals surface area contributed by atoms with Gasteiger partial charge >= 0.3 is 0 Å². The number of amides is 1. The van der Waals surface area contributed by atoms with Crippen LogP contribution in [0.5, 0.6) is 0 Å². The summed E-state index contributed by atoms with van der Waals surface area (Å²) in [6, 6.07) is 5.80. The van der Waals surface area contributed by atoms with E-state index in [0.29, 0.717) is 6.54 Å². The van der Waals surface area contributed by atoms with E-state index >= 15 is 0 Å². The van der Waals surface area contributed by atoms with Crippen LogP contribution in [-0.2, 0) is 11.3 Å². The summed E-state index contributed by atoms with van der Waals surface area (Å²) in [5.74, 6) is 0.191. The first-order chi connectivity index (χ1) is 8.08. The van der Waals surface area contributed by atoms with E-state index in [2.05, 4.69) is 5.32 Å². The molecule has 4 heteroatoms. The van der Waals surface area contributed by atoms with Crippen molar-refractivity contribution in [2.24, 2.45) is 0 Å². The molecule has 1 saturated heterocycles. The van der Waals surface area contributed by atoms with Gasteiger partial charge in [-0.1, -0.05) is 17.7 Å². The van der Waals surface area contributed by atoms with Gasteiger partial charge < -0.3 is 10.2 Å². The van der Waals surface area contributed by atoms with Crippen molar-refractivity contribution in [2.45, 2.75) is 25.9 Å². The molecule has 1 fully saturated rings. The molecule has 0 saturated carbocycles. The molecule has 1 aromatic rings. The largest absolute Gasteiger partial charge is 0.344 e. The normalized spacial score (nSPS) is 20.1. The number of likely N-dealkylation sites (N-methyl/N-ethyl adjacent to an activating group) is 1. The van der Waals surface area contributed by atoms with E-state index in [0.717, 1.165) is 23.6 Å². The molecule has 0 radical (unpaired) electrons. The summed E-state index contributed by atoms with van der Waals surface area (Å²) in [6.07, 6.45) is 0.891. The van der Waals surface area contributed by atoms with Crippen LogP contribution in [0.3, 0.4) is 0 Å². The maximum atomic E-state index is 11.7. The topological polar surface area (TPSA) is 32.3 Å². The molecule has 1 atom stereocenters. The van der Waals surface area contributed by atoms with Crippen LogP contribution in [0.1, 0.15) is 17.5 Å². The number of likely N-dealkylation sites (tertiary alicyclic amines) is 1. The summed E-state index contributed by atoms with van der Waals surface area (Å²) in [5, 5.41) is 4.06. The summed E-state index contributed by atoms with van der Waals surface area (Å²) >= 11 is 5.91. The highest BCUT2D eigenvalue weighted by Crippen LogP contribution is 2.16. The fourth-order valence-electron chi connectivity index (χ4n) is 2.10. The van der Waals surface area contributed by atoms with Gasteiger partial charge in [0.2, 0.25) is 5.91 Å². The van der Waals surface area contributed by atoms with Crippen LogP contribution < -0.4 is 5.32 Å². The number of rotatable bonds is 3. The van der Waals surface area contributed by atoms with E-state index < -0.39 is 0 Å². The fraction of sp³-hybridized carbons (Fsp3) is 0.462. The second-order valence-electron chi connectivity index (χ2n) is 4.55. The van der Waals surface area contributed by atoms with Crippen LogP contribution in [0.25, 0.3) is 0 Å². The molecule has 1 heterocycles. The molecule has 0 aromatic heterocycles.